The van der Waals surface area contributed by atoms with Crippen LogP contribution in [0.25, 0.3) is 0 Å². The molecule has 1 amide bonds. The highest BCUT2D eigenvalue weighted by molar-refractivity contribution is 6.03. The Morgan fingerprint density at radius 2 is 1.90 bits per heavy atom. The summed E-state index contributed by atoms with van der Waals surface area (Å²) < 4.78 is 5.44. The maximum Gasteiger partial charge on any atom is 0.302 e. The van der Waals surface area contributed by atoms with Crippen LogP contribution in [0.3, 0.4) is 0 Å². The van der Waals surface area contributed by atoms with Crippen LogP contribution in [0.1, 0.15) is 10.5 Å². The lowest BCUT2D eigenvalue weighted by molar-refractivity contribution is 0.0998. The molecule has 20 heavy (non-hydrogen) atoms. The van der Waals surface area contributed by atoms with E-state index in [4.69, 9.17) is 21.9 Å². The number of nitrogen functional groups attached to an aromatic ring is 1. The smallest absolute Gasteiger partial charge is 0.302 e. The Balaban J connectivity index is 2.29. The average molecular weight is 272 g/mol. The highest BCUT2D eigenvalue weighted by Crippen LogP contribution is 2.20. The number of carbonyl (C=O) groups excluding carboxylic acids is 1. The molecule has 0 unspecified atom stereocenters. The summed E-state index contributed by atoms with van der Waals surface area (Å²) in [5.41, 5.74) is 15.6. The van der Waals surface area contributed by atoms with Crippen molar-refractivity contribution in [3.8, 4) is 11.6 Å². The lowest BCUT2D eigenvalue weighted by atomic mass is 10.3. The van der Waals surface area contributed by atoms with E-state index >= 15 is 0 Å². The van der Waals surface area contributed by atoms with Gasteiger partial charge in [-0.15, -0.1) is 0 Å². The van der Waals surface area contributed by atoms with Gasteiger partial charge in [0, 0.05) is 0 Å². The summed E-state index contributed by atoms with van der Waals surface area (Å²) in [6.07, 6.45) is 1.30. The molecular weight excluding hydrogens is 260 g/mol. The van der Waals surface area contributed by atoms with Crippen LogP contribution in [-0.2, 0) is 0 Å². The molecule has 2 aromatic rings. The second-order valence-corrected chi connectivity index (χ2v) is 3.70. The van der Waals surface area contributed by atoms with Gasteiger partial charge < -0.3 is 21.9 Å². The van der Waals surface area contributed by atoms with Crippen LogP contribution in [0.5, 0.6) is 11.6 Å². The van der Waals surface area contributed by atoms with E-state index in [1.54, 1.807) is 24.3 Å². The van der Waals surface area contributed by atoms with Crippen molar-refractivity contribution in [3.05, 3.63) is 42.2 Å². The first kappa shape index (κ1) is 13.3. The highest BCUT2D eigenvalue weighted by Gasteiger charge is 2.14. The Hall–Kier alpha value is -3.16. The number of nitrogens with two attached hydrogens (primary N) is 3. The van der Waals surface area contributed by atoms with Crippen molar-refractivity contribution in [2.75, 3.05) is 5.73 Å². The van der Waals surface area contributed by atoms with Crippen molar-refractivity contribution in [1.29, 1.82) is 0 Å². The molecular formula is C12H12N6O2. The Bertz CT molecular complexity index is 652. The third-order valence-electron chi connectivity index (χ3n) is 2.18. The number of ether oxygens (including phenoxy) is 1. The molecule has 0 saturated heterocycles. The number of benzene rings is 1. The molecule has 1 aromatic heterocycles. The van der Waals surface area contributed by atoms with E-state index in [9.17, 15) is 4.79 Å². The number of guanidine groups is 1. The van der Waals surface area contributed by atoms with Crippen LogP contribution in [0, 0.1) is 0 Å². The number of aliphatic imine (C=N–C) groups is 1. The maximum atomic E-state index is 11.7. The summed E-state index contributed by atoms with van der Waals surface area (Å²) in [6.45, 7) is 0. The van der Waals surface area contributed by atoms with Gasteiger partial charge in [0.2, 0.25) is 5.88 Å². The minimum Gasteiger partial charge on any atom is -0.437 e. The molecule has 1 heterocycles. The van der Waals surface area contributed by atoms with Gasteiger partial charge in [0.25, 0.3) is 0 Å². The Morgan fingerprint density at radius 3 is 2.55 bits per heavy atom. The predicted molar refractivity (Wildman–Crippen MR) is 73.1 cm³/mol. The standard InChI is InChI=1S/C12H12N6O2/c13-10-9(11(19)18-12(14)15)17-8(6-16-10)20-7-4-2-1-3-5-7/h1-6H,(H2,13,16)(H4,14,15,18,19). The molecule has 0 aliphatic heterocycles. The van der Waals surface area contributed by atoms with Crippen molar-refractivity contribution in [1.82, 2.24) is 9.97 Å². The monoisotopic (exact) mass is 272 g/mol. The largest absolute Gasteiger partial charge is 0.437 e. The molecule has 6 N–H and O–H groups in total. The first-order chi connectivity index (χ1) is 9.56. The summed E-state index contributed by atoms with van der Waals surface area (Å²) >= 11 is 0. The molecule has 1 aromatic carbocycles. The van der Waals surface area contributed by atoms with E-state index in [2.05, 4.69) is 15.0 Å². The van der Waals surface area contributed by atoms with Crippen LogP contribution in [0.15, 0.2) is 41.5 Å². The quantitative estimate of drug-likeness (QED) is 0.537. The Kier molecular flexibility index (Phi) is 3.75. The van der Waals surface area contributed by atoms with E-state index in [1.807, 2.05) is 6.07 Å². The number of nitrogens with zero attached hydrogens (tertiary/aromatic N) is 3. The number of carbonyl (C=O) groups is 1. The lowest BCUT2D eigenvalue weighted by Crippen LogP contribution is -2.24. The molecule has 8 nitrogen and oxygen atoms in total. The summed E-state index contributed by atoms with van der Waals surface area (Å²) in [6, 6.07) is 8.90. The first-order valence-electron chi connectivity index (χ1n) is 5.55. The van der Waals surface area contributed by atoms with Gasteiger partial charge in [-0.05, 0) is 12.1 Å². The fourth-order valence-electron chi connectivity index (χ4n) is 1.37. The average Bonchev–Trinajstić information content (AvgIpc) is 2.41. The molecule has 0 atom stereocenters. The van der Waals surface area contributed by atoms with Gasteiger partial charge in [0.1, 0.15) is 5.75 Å². The normalized spacial score (nSPS) is 9.80. The van der Waals surface area contributed by atoms with Crippen LogP contribution in [0.2, 0.25) is 0 Å². The van der Waals surface area contributed by atoms with E-state index in [-0.39, 0.29) is 23.4 Å². The molecule has 0 aliphatic rings. The summed E-state index contributed by atoms with van der Waals surface area (Å²) in [4.78, 5) is 22.8. The third kappa shape index (κ3) is 3.19. The molecule has 0 fully saturated rings. The predicted octanol–water partition coefficient (Wildman–Crippen LogP) is 0.265. The van der Waals surface area contributed by atoms with Crippen LogP contribution in [0.4, 0.5) is 5.82 Å². The van der Waals surface area contributed by atoms with Crippen molar-refractivity contribution in [3.63, 3.8) is 0 Å². The van der Waals surface area contributed by atoms with E-state index in [1.165, 1.54) is 6.20 Å². The second-order valence-electron chi connectivity index (χ2n) is 3.70. The van der Waals surface area contributed by atoms with Gasteiger partial charge in [0.15, 0.2) is 17.5 Å². The summed E-state index contributed by atoms with van der Waals surface area (Å²) in [5, 5.41) is 0. The summed E-state index contributed by atoms with van der Waals surface area (Å²) in [5.74, 6) is -0.592. The van der Waals surface area contributed by atoms with Crippen LogP contribution in [-0.4, -0.2) is 21.8 Å². The third-order valence-corrected chi connectivity index (χ3v) is 2.18. The fraction of sp³-hybridized carbons (Fsp3) is 0. The minimum atomic E-state index is -0.784. The molecule has 8 heteroatoms. The topological polar surface area (TPSA) is 142 Å². The number of aromatic nitrogens is 2. The molecule has 0 radical (unpaired) electrons. The van der Waals surface area contributed by atoms with Gasteiger partial charge in [-0.25, -0.2) is 9.97 Å². The Labute approximate surface area is 114 Å². The van der Waals surface area contributed by atoms with E-state index in [0.717, 1.165) is 0 Å². The molecule has 0 saturated carbocycles. The van der Waals surface area contributed by atoms with Gasteiger partial charge in [-0.2, -0.15) is 4.99 Å². The SMILES string of the molecule is NC(N)=NC(=O)c1nc(Oc2ccccc2)cnc1N. The van der Waals surface area contributed by atoms with Gasteiger partial charge >= 0.3 is 5.91 Å². The molecule has 0 bridgehead atoms. The number of para-hydroxylation sites is 1. The molecule has 102 valence electrons. The van der Waals surface area contributed by atoms with E-state index in [0.29, 0.717) is 5.75 Å². The van der Waals surface area contributed by atoms with Gasteiger partial charge in [-0.3, -0.25) is 4.79 Å². The number of hydrogen-bond donors (Lipinski definition) is 3. The van der Waals surface area contributed by atoms with Gasteiger partial charge in [-0.1, -0.05) is 18.2 Å². The molecule has 2 rings (SSSR count). The number of amides is 1. The summed E-state index contributed by atoms with van der Waals surface area (Å²) in [7, 11) is 0. The van der Waals surface area contributed by atoms with Crippen molar-refractivity contribution < 1.29 is 9.53 Å². The van der Waals surface area contributed by atoms with Crippen molar-refractivity contribution in [2.24, 2.45) is 16.5 Å². The lowest BCUT2D eigenvalue weighted by Gasteiger charge is -2.06. The zero-order valence-electron chi connectivity index (χ0n) is 10.4. The zero-order chi connectivity index (χ0) is 14.5. The number of rotatable bonds is 3. The molecule has 0 aliphatic carbocycles. The Morgan fingerprint density at radius 1 is 1.20 bits per heavy atom. The second kappa shape index (κ2) is 5.65. The number of anilines is 1. The fourth-order valence-corrected chi connectivity index (χ4v) is 1.37. The first-order valence-corrected chi connectivity index (χ1v) is 5.55. The van der Waals surface area contributed by atoms with Crippen molar-refractivity contribution in [2.45, 2.75) is 0 Å². The zero-order valence-corrected chi connectivity index (χ0v) is 10.4. The van der Waals surface area contributed by atoms with E-state index < -0.39 is 5.91 Å². The van der Waals surface area contributed by atoms with Crippen LogP contribution < -0.4 is 21.9 Å². The van der Waals surface area contributed by atoms with Gasteiger partial charge in [0.05, 0.1) is 6.20 Å². The highest BCUT2D eigenvalue weighted by atomic mass is 16.5. The van der Waals surface area contributed by atoms with Crippen LogP contribution >= 0.6 is 0 Å². The van der Waals surface area contributed by atoms with Crippen molar-refractivity contribution >= 4 is 17.7 Å². The maximum absolute atomic E-state index is 11.7. The molecule has 0 spiro atoms. The number of hydrogen-bond acceptors (Lipinski definition) is 5. The minimum absolute atomic E-state index is 0.0830.